The number of alkyl halides is 3. The summed E-state index contributed by atoms with van der Waals surface area (Å²) in [6.45, 7) is -1.64. The molecule has 1 aromatic carbocycles. The second-order valence-corrected chi connectivity index (χ2v) is 3.70. The van der Waals surface area contributed by atoms with Crippen molar-refractivity contribution in [3.63, 3.8) is 0 Å². The van der Waals surface area contributed by atoms with Gasteiger partial charge in [-0.3, -0.25) is 4.79 Å². The van der Waals surface area contributed by atoms with Crippen molar-refractivity contribution in [2.24, 2.45) is 5.73 Å². The number of benzene rings is 1. The summed E-state index contributed by atoms with van der Waals surface area (Å²) in [7, 11) is 0. The number of nitrogens with two attached hydrogens (primary N) is 1. The summed E-state index contributed by atoms with van der Waals surface area (Å²) in [4.78, 5) is 11.2. The van der Waals surface area contributed by atoms with Crippen molar-refractivity contribution < 1.29 is 27.8 Å². The van der Waals surface area contributed by atoms with Crippen molar-refractivity contribution in [2.45, 2.75) is 18.6 Å². The summed E-state index contributed by atoms with van der Waals surface area (Å²) >= 11 is 0. The van der Waals surface area contributed by atoms with E-state index in [9.17, 15) is 18.0 Å². The van der Waals surface area contributed by atoms with Crippen molar-refractivity contribution >= 4 is 18.4 Å². The van der Waals surface area contributed by atoms with Crippen molar-refractivity contribution in [3.05, 3.63) is 29.8 Å². The van der Waals surface area contributed by atoms with E-state index in [1.54, 1.807) is 0 Å². The molecular weight excluding hydrogens is 287 g/mol. The number of rotatable bonds is 4. The number of phenolic OH excluding ortho intramolecular Hbond substituents is 1. The number of hydrogen-bond donors (Lipinski definition) is 2. The Hall–Kier alpha value is -1.47. The Balaban J connectivity index is 0.00000324. The Morgan fingerprint density at radius 3 is 2.32 bits per heavy atom. The average Bonchev–Trinajstić information content (AvgIpc) is 2.28. The quantitative estimate of drug-likeness (QED) is 0.831. The molecule has 0 heterocycles. The molecule has 0 aromatic heterocycles. The molecule has 0 unspecified atom stereocenters. The fraction of sp³-hybridized carbons (Fsp3) is 0.364. The van der Waals surface area contributed by atoms with Crippen LogP contribution in [0.25, 0.3) is 0 Å². The topological polar surface area (TPSA) is 72.5 Å². The van der Waals surface area contributed by atoms with E-state index in [2.05, 4.69) is 4.74 Å². The van der Waals surface area contributed by atoms with E-state index < -0.39 is 24.8 Å². The molecule has 0 saturated heterocycles. The van der Waals surface area contributed by atoms with Crippen LogP contribution in [0.1, 0.15) is 5.56 Å². The minimum Gasteiger partial charge on any atom is -0.508 e. The first kappa shape index (κ1) is 17.5. The van der Waals surface area contributed by atoms with Crippen molar-refractivity contribution in [1.82, 2.24) is 0 Å². The highest BCUT2D eigenvalue weighted by molar-refractivity contribution is 5.85. The van der Waals surface area contributed by atoms with Crippen molar-refractivity contribution in [3.8, 4) is 5.75 Å². The van der Waals surface area contributed by atoms with Crippen LogP contribution in [0, 0.1) is 0 Å². The second-order valence-electron chi connectivity index (χ2n) is 3.70. The van der Waals surface area contributed by atoms with Crippen LogP contribution in [0.15, 0.2) is 24.3 Å². The molecule has 0 radical (unpaired) electrons. The van der Waals surface area contributed by atoms with E-state index >= 15 is 0 Å². The largest absolute Gasteiger partial charge is 0.508 e. The van der Waals surface area contributed by atoms with Crippen LogP contribution in [0.2, 0.25) is 0 Å². The Labute approximate surface area is 113 Å². The molecule has 108 valence electrons. The zero-order valence-electron chi connectivity index (χ0n) is 9.68. The smallest absolute Gasteiger partial charge is 0.422 e. The first-order chi connectivity index (χ1) is 8.28. The number of carbonyl (C=O) groups excluding carboxylic acids is 1. The Bertz CT molecular complexity index is 409. The van der Waals surface area contributed by atoms with Gasteiger partial charge in [0.05, 0.1) is 0 Å². The summed E-state index contributed by atoms with van der Waals surface area (Å²) in [5.74, 6) is -1.06. The summed E-state index contributed by atoms with van der Waals surface area (Å²) in [6.07, 6.45) is -4.52. The number of halogens is 4. The summed E-state index contributed by atoms with van der Waals surface area (Å²) < 4.78 is 39.4. The van der Waals surface area contributed by atoms with Crippen LogP contribution in [0.3, 0.4) is 0 Å². The third-order valence-corrected chi connectivity index (χ3v) is 2.07. The standard InChI is InChI=1S/C11H12F3NO3.ClH/c12-11(13,14)6-18-10(17)9(15)5-7-1-3-8(16)4-2-7;/h1-4,9,16H,5-6,15H2;1H/t9-;/m0./s1. The lowest BCUT2D eigenvalue weighted by molar-refractivity contribution is -0.187. The summed E-state index contributed by atoms with van der Waals surface area (Å²) in [5.41, 5.74) is 6.03. The van der Waals surface area contributed by atoms with E-state index in [4.69, 9.17) is 10.8 Å². The highest BCUT2D eigenvalue weighted by atomic mass is 35.5. The van der Waals surface area contributed by atoms with Crippen LogP contribution in [-0.4, -0.2) is 29.9 Å². The molecule has 0 saturated carbocycles. The first-order valence-electron chi connectivity index (χ1n) is 5.05. The SMILES string of the molecule is Cl.N[C@@H](Cc1ccc(O)cc1)C(=O)OCC(F)(F)F. The zero-order valence-corrected chi connectivity index (χ0v) is 10.5. The zero-order chi connectivity index (χ0) is 13.8. The van der Waals surface area contributed by atoms with Crippen LogP contribution in [0.5, 0.6) is 5.75 Å². The maximum atomic E-state index is 11.8. The molecule has 0 aliphatic carbocycles. The molecule has 0 aliphatic rings. The summed E-state index contributed by atoms with van der Waals surface area (Å²) in [5, 5.41) is 9.03. The van der Waals surface area contributed by atoms with Gasteiger partial charge >= 0.3 is 12.1 Å². The molecular formula is C11H13ClF3NO3. The monoisotopic (exact) mass is 299 g/mol. The normalized spacial score (nSPS) is 12.4. The van der Waals surface area contributed by atoms with Crippen molar-refractivity contribution in [2.75, 3.05) is 6.61 Å². The molecule has 3 N–H and O–H groups in total. The minimum absolute atomic E-state index is 0. The molecule has 1 aromatic rings. The number of esters is 1. The van der Waals surface area contributed by atoms with Crippen LogP contribution in [-0.2, 0) is 16.0 Å². The highest BCUT2D eigenvalue weighted by Crippen LogP contribution is 2.15. The maximum Gasteiger partial charge on any atom is 0.422 e. The third-order valence-electron chi connectivity index (χ3n) is 2.07. The van der Waals surface area contributed by atoms with Gasteiger partial charge in [-0.2, -0.15) is 13.2 Å². The van der Waals surface area contributed by atoms with Gasteiger partial charge in [-0.1, -0.05) is 12.1 Å². The molecule has 4 nitrogen and oxygen atoms in total. The van der Waals surface area contributed by atoms with Crippen LogP contribution in [0.4, 0.5) is 13.2 Å². The lowest BCUT2D eigenvalue weighted by Gasteiger charge is -2.12. The Morgan fingerprint density at radius 2 is 1.84 bits per heavy atom. The second kappa shape index (κ2) is 7.20. The average molecular weight is 300 g/mol. The van der Waals surface area contributed by atoms with Gasteiger partial charge in [0.25, 0.3) is 0 Å². The predicted molar refractivity (Wildman–Crippen MR) is 64.0 cm³/mol. The fourth-order valence-electron chi connectivity index (χ4n) is 1.23. The van der Waals surface area contributed by atoms with Gasteiger partial charge in [-0.05, 0) is 24.1 Å². The first-order valence-corrected chi connectivity index (χ1v) is 5.05. The molecule has 19 heavy (non-hydrogen) atoms. The number of aromatic hydroxyl groups is 1. The minimum atomic E-state index is -4.56. The van der Waals surface area contributed by atoms with Gasteiger partial charge in [0.2, 0.25) is 0 Å². The van der Waals surface area contributed by atoms with Gasteiger partial charge in [0.15, 0.2) is 6.61 Å². The Morgan fingerprint density at radius 1 is 1.32 bits per heavy atom. The lowest BCUT2D eigenvalue weighted by atomic mass is 10.1. The predicted octanol–water partition coefficient (Wildman–Crippen LogP) is 1.79. The van der Waals surface area contributed by atoms with Gasteiger partial charge in [-0.25, -0.2) is 0 Å². The molecule has 0 fully saturated rings. The number of ether oxygens (including phenoxy) is 1. The van der Waals surface area contributed by atoms with Gasteiger partial charge in [0.1, 0.15) is 11.8 Å². The molecule has 1 atom stereocenters. The van der Waals surface area contributed by atoms with Gasteiger partial charge in [-0.15, -0.1) is 12.4 Å². The molecule has 1 rings (SSSR count). The van der Waals surface area contributed by atoms with E-state index in [1.165, 1.54) is 24.3 Å². The molecule has 0 amide bonds. The molecule has 0 spiro atoms. The highest BCUT2D eigenvalue weighted by Gasteiger charge is 2.30. The lowest BCUT2D eigenvalue weighted by Crippen LogP contribution is -2.36. The van der Waals surface area contributed by atoms with E-state index in [0.717, 1.165) is 0 Å². The summed E-state index contributed by atoms with van der Waals surface area (Å²) in [6, 6.07) is 4.65. The van der Waals surface area contributed by atoms with Gasteiger partial charge in [0, 0.05) is 0 Å². The number of carbonyl (C=O) groups is 1. The molecule has 0 bridgehead atoms. The van der Waals surface area contributed by atoms with Crippen molar-refractivity contribution in [1.29, 1.82) is 0 Å². The van der Waals surface area contributed by atoms with E-state index in [1.807, 2.05) is 0 Å². The number of phenols is 1. The van der Waals surface area contributed by atoms with E-state index in [0.29, 0.717) is 5.56 Å². The Kier molecular flexibility index (Phi) is 6.64. The van der Waals surface area contributed by atoms with Crippen LogP contribution < -0.4 is 5.73 Å². The molecule has 0 aliphatic heterocycles. The van der Waals surface area contributed by atoms with Gasteiger partial charge < -0.3 is 15.6 Å². The van der Waals surface area contributed by atoms with E-state index in [-0.39, 0.29) is 24.6 Å². The molecule has 8 heteroatoms. The van der Waals surface area contributed by atoms with Crippen LogP contribution >= 0.6 is 12.4 Å². The third kappa shape index (κ3) is 6.88. The number of hydrogen-bond acceptors (Lipinski definition) is 4. The maximum absolute atomic E-state index is 11.8. The fourth-order valence-corrected chi connectivity index (χ4v) is 1.23.